The third-order valence-corrected chi connectivity index (χ3v) is 6.03. The van der Waals surface area contributed by atoms with Crippen LogP contribution in [0.4, 0.5) is 5.82 Å². The summed E-state index contributed by atoms with van der Waals surface area (Å²) in [5, 5.41) is 10.1. The van der Waals surface area contributed by atoms with E-state index >= 15 is 0 Å². The molecule has 2 aliphatic rings. The van der Waals surface area contributed by atoms with E-state index in [-0.39, 0.29) is 11.7 Å². The maximum Gasteiger partial charge on any atom is 0.328 e. The molecular formula is C21H18N8O. The number of rotatable bonds is 2. The van der Waals surface area contributed by atoms with Crippen LogP contribution in [0.2, 0.25) is 0 Å². The molecule has 1 aliphatic carbocycles. The summed E-state index contributed by atoms with van der Waals surface area (Å²) in [6.45, 7) is 1.47. The topological polar surface area (TPSA) is 119 Å². The quantitative estimate of drug-likeness (QED) is 0.501. The van der Waals surface area contributed by atoms with Crippen LogP contribution < -0.4 is 10.6 Å². The molecular weight excluding hydrogens is 380 g/mol. The minimum Gasteiger partial charge on any atom is -0.353 e. The minimum absolute atomic E-state index is 0.123. The SMILES string of the molecule is N#Cc1cnc2c(c1)[nH]c(=O)n2C1CN(c2ncnc3[nH]ccc23)CCC1=C1CC1. The molecule has 0 radical (unpaired) electrons. The molecule has 4 aromatic heterocycles. The molecule has 2 N–H and O–H groups in total. The van der Waals surface area contributed by atoms with Crippen molar-refractivity contribution in [2.45, 2.75) is 25.3 Å². The fourth-order valence-corrected chi connectivity index (χ4v) is 4.53. The molecule has 148 valence electrons. The van der Waals surface area contributed by atoms with Crippen LogP contribution in [0.1, 0.15) is 30.9 Å². The van der Waals surface area contributed by atoms with Crippen LogP contribution in [0.25, 0.3) is 22.2 Å². The normalized spacial score (nSPS) is 18.9. The van der Waals surface area contributed by atoms with Gasteiger partial charge in [0.05, 0.1) is 22.5 Å². The number of hydrogen-bond acceptors (Lipinski definition) is 6. The number of nitrogens with one attached hydrogen (secondary N) is 2. The van der Waals surface area contributed by atoms with Gasteiger partial charge >= 0.3 is 5.69 Å². The zero-order chi connectivity index (χ0) is 20.2. The molecule has 0 aromatic carbocycles. The van der Waals surface area contributed by atoms with E-state index in [2.05, 4.69) is 35.9 Å². The molecule has 0 amide bonds. The molecule has 0 spiro atoms. The molecule has 2 fully saturated rings. The molecule has 30 heavy (non-hydrogen) atoms. The molecule has 4 aromatic rings. The second kappa shape index (κ2) is 6.29. The van der Waals surface area contributed by atoms with E-state index < -0.39 is 0 Å². The van der Waals surface area contributed by atoms with E-state index in [4.69, 9.17) is 5.26 Å². The molecule has 1 unspecified atom stereocenters. The fourth-order valence-electron chi connectivity index (χ4n) is 4.53. The third-order valence-electron chi connectivity index (χ3n) is 6.03. The zero-order valence-corrected chi connectivity index (χ0v) is 16.1. The van der Waals surface area contributed by atoms with Crippen LogP contribution >= 0.6 is 0 Å². The maximum absolute atomic E-state index is 13.0. The van der Waals surface area contributed by atoms with Gasteiger partial charge in [0, 0.05) is 25.5 Å². The predicted octanol–water partition coefficient (Wildman–Crippen LogP) is 2.41. The minimum atomic E-state index is -0.201. The second-order valence-corrected chi connectivity index (χ2v) is 7.78. The highest BCUT2D eigenvalue weighted by Gasteiger charge is 2.34. The van der Waals surface area contributed by atoms with E-state index in [9.17, 15) is 4.79 Å². The molecule has 9 nitrogen and oxygen atoms in total. The first-order valence-electron chi connectivity index (χ1n) is 9.97. The van der Waals surface area contributed by atoms with E-state index in [0.29, 0.717) is 23.3 Å². The molecule has 5 heterocycles. The van der Waals surface area contributed by atoms with E-state index in [1.807, 2.05) is 12.3 Å². The highest BCUT2D eigenvalue weighted by atomic mass is 16.1. The van der Waals surface area contributed by atoms with Gasteiger partial charge in [-0.1, -0.05) is 5.57 Å². The molecule has 1 saturated heterocycles. The van der Waals surface area contributed by atoms with Crippen LogP contribution in [0.5, 0.6) is 0 Å². The highest BCUT2D eigenvalue weighted by molar-refractivity contribution is 5.87. The first-order chi connectivity index (χ1) is 14.7. The highest BCUT2D eigenvalue weighted by Crippen LogP contribution is 2.42. The summed E-state index contributed by atoms with van der Waals surface area (Å²) in [7, 11) is 0. The van der Waals surface area contributed by atoms with Gasteiger partial charge in [-0.2, -0.15) is 5.26 Å². The van der Waals surface area contributed by atoms with Crippen LogP contribution in [0.15, 0.2) is 46.8 Å². The number of fused-ring (bicyclic) bond motifs is 2. The van der Waals surface area contributed by atoms with Crippen LogP contribution in [0, 0.1) is 11.3 Å². The number of aromatic amines is 2. The first-order valence-corrected chi connectivity index (χ1v) is 9.97. The number of imidazole rings is 1. The van der Waals surface area contributed by atoms with Gasteiger partial charge in [0.1, 0.15) is 23.9 Å². The molecule has 0 bridgehead atoms. The number of nitrogens with zero attached hydrogens (tertiary/aromatic N) is 6. The number of nitriles is 1. The monoisotopic (exact) mass is 398 g/mol. The van der Waals surface area contributed by atoms with Crippen molar-refractivity contribution < 1.29 is 0 Å². The van der Waals surface area contributed by atoms with Crippen molar-refractivity contribution >= 4 is 28.0 Å². The summed E-state index contributed by atoms with van der Waals surface area (Å²) in [6.07, 6.45) is 8.04. The van der Waals surface area contributed by atoms with Crippen molar-refractivity contribution in [3.8, 4) is 6.07 Å². The van der Waals surface area contributed by atoms with E-state index in [1.54, 1.807) is 17.0 Å². The summed E-state index contributed by atoms with van der Waals surface area (Å²) < 4.78 is 1.75. The van der Waals surface area contributed by atoms with Crippen LogP contribution in [0.3, 0.4) is 0 Å². The smallest absolute Gasteiger partial charge is 0.328 e. The Hall–Kier alpha value is -3.93. The Morgan fingerprint density at radius 2 is 2.10 bits per heavy atom. The second-order valence-electron chi connectivity index (χ2n) is 7.78. The van der Waals surface area contributed by atoms with Gasteiger partial charge < -0.3 is 14.9 Å². The zero-order valence-electron chi connectivity index (χ0n) is 16.1. The Labute approximate surface area is 170 Å². The molecule has 9 heteroatoms. The number of pyridine rings is 1. The Morgan fingerprint density at radius 3 is 2.93 bits per heavy atom. The van der Waals surface area contributed by atoms with Crippen molar-refractivity contribution in [2.75, 3.05) is 18.0 Å². The third kappa shape index (κ3) is 2.54. The van der Waals surface area contributed by atoms with Crippen molar-refractivity contribution in [3.63, 3.8) is 0 Å². The standard InChI is InChI=1S/C21H18N8O/c22-8-12-7-16-20(24-9-12)29(21(30)27-16)17-10-28(6-4-14(17)13-1-2-13)19-15-3-5-23-18(15)25-11-26-19/h3,5,7,9,11,17H,1-2,4,6,10H2,(H,27,30)(H,23,25,26). The lowest BCUT2D eigenvalue weighted by Crippen LogP contribution is -2.41. The molecule has 1 saturated carbocycles. The van der Waals surface area contributed by atoms with Gasteiger partial charge in [-0.05, 0) is 37.0 Å². The average Bonchev–Trinajstić information content (AvgIpc) is 3.40. The van der Waals surface area contributed by atoms with E-state index in [0.717, 1.165) is 42.7 Å². The van der Waals surface area contributed by atoms with Crippen LogP contribution in [-0.4, -0.2) is 42.6 Å². The number of anilines is 1. The summed E-state index contributed by atoms with van der Waals surface area (Å²) >= 11 is 0. The van der Waals surface area contributed by atoms with Crippen molar-refractivity contribution in [2.24, 2.45) is 0 Å². The van der Waals surface area contributed by atoms with Gasteiger partial charge in [-0.25, -0.2) is 19.7 Å². The number of hydrogen-bond donors (Lipinski definition) is 2. The molecule has 1 aliphatic heterocycles. The Kier molecular flexibility index (Phi) is 3.56. The maximum atomic E-state index is 13.0. The summed E-state index contributed by atoms with van der Waals surface area (Å²) in [5.74, 6) is 0.874. The van der Waals surface area contributed by atoms with Gasteiger partial charge in [-0.15, -0.1) is 0 Å². The summed E-state index contributed by atoms with van der Waals surface area (Å²) in [4.78, 5) is 34.5. The fraction of sp³-hybridized carbons (Fsp3) is 0.286. The summed E-state index contributed by atoms with van der Waals surface area (Å²) in [5.41, 5.74) is 4.98. The first kappa shape index (κ1) is 17.0. The van der Waals surface area contributed by atoms with Crippen LogP contribution in [-0.2, 0) is 0 Å². The van der Waals surface area contributed by atoms with Gasteiger partial charge in [-0.3, -0.25) is 4.57 Å². The number of aromatic nitrogens is 6. The van der Waals surface area contributed by atoms with Crippen molar-refractivity contribution in [1.29, 1.82) is 5.26 Å². The Balaban J connectivity index is 1.48. The van der Waals surface area contributed by atoms with Gasteiger partial charge in [0.2, 0.25) is 0 Å². The van der Waals surface area contributed by atoms with Gasteiger partial charge in [0.25, 0.3) is 0 Å². The largest absolute Gasteiger partial charge is 0.353 e. The Bertz CT molecular complexity index is 1430. The molecule has 1 atom stereocenters. The number of piperidine rings is 1. The van der Waals surface area contributed by atoms with Crippen molar-refractivity contribution in [1.82, 2.24) is 29.5 Å². The predicted molar refractivity (Wildman–Crippen MR) is 111 cm³/mol. The average molecular weight is 398 g/mol. The molecule has 6 rings (SSSR count). The lowest BCUT2D eigenvalue weighted by atomic mass is 9.96. The number of H-pyrrole nitrogens is 2. The Morgan fingerprint density at radius 1 is 1.20 bits per heavy atom. The van der Waals surface area contributed by atoms with E-state index in [1.165, 1.54) is 17.3 Å². The summed E-state index contributed by atoms with van der Waals surface area (Å²) in [6, 6.07) is 5.62. The lowest BCUT2D eigenvalue weighted by molar-refractivity contribution is 0.493. The van der Waals surface area contributed by atoms with Crippen molar-refractivity contribution in [3.05, 3.63) is 58.0 Å². The lowest BCUT2D eigenvalue weighted by Gasteiger charge is -2.36. The van der Waals surface area contributed by atoms with Gasteiger partial charge in [0.15, 0.2) is 5.65 Å². The number of allylic oxidation sites excluding steroid dienone is 1.